The number of amides is 1. The van der Waals surface area contributed by atoms with E-state index in [1.807, 2.05) is 6.92 Å². The molecule has 3 aliphatic rings. The first-order valence-corrected chi connectivity index (χ1v) is 11.0. The molecule has 1 aliphatic carbocycles. The number of nitrogens with zero attached hydrogens (tertiary/aromatic N) is 3. The Morgan fingerprint density at radius 3 is 2.66 bits per heavy atom. The SMILES string of the molecule is CCOC(=O)N1CCC(CC#N)(N2CC(CNC3CC3c3ccccc3)C2)CC1. The van der Waals surface area contributed by atoms with Gasteiger partial charge in [0.2, 0.25) is 0 Å². The summed E-state index contributed by atoms with van der Waals surface area (Å²) in [6, 6.07) is 13.8. The van der Waals surface area contributed by atoms with Gasteiger partial charge in [0.25, 0.3) is 0 Å². The van der Waals surface area contributed by atoms with Crippen LogP contribution in [0.4, 0.5) is 4.79 Å². The van der Waals surface area contributed by atoms with E-state index in [1.165, 1.54) is 12.0 Å². The summed E-state index contributed by atoms with van der Waals surface area (Å²) in [6.07, 6.45) is 3.28. The van der Waals surface area contributed by atoms with Crippen LogP contribution in [-0.4, -0.2) is 66.8 Å². The maximum Gasteiger partial charge on any atom is 0.409 e. The average molecular weight is 397 g/mol. The van der Waals surface area contributed by atoms with E-state index < -0.39 is 0 Å². The number of nitrogens with one attached hydrogen (secondary N) is 1. The normalized spacial score (nSPS) is 26.4. The Hall–Kier alpha value is -2.10. The van der Waals surface area contributed by atoms with E-state index in [0.717, 1.165) is 32.5 Å². The molecule has 1 amide bonds. The van der Waals surface area contributed by atoms with Crippen molar-refractivity contribution in [1.82, 2.24) is 15.1 Å². The third-order valence-corrected chi connectivity index (χ3v) is 6.94. The maximum atomic E-state index is 12.0. The van der Waals surface area contributed by atoms with Crippen LogP contribution in [-0.2, 0) is 4.74 Å². The minimum absolute atomic E-state index is 0.0690. The first-order chi connectivity index (χ1) is 14.1. The summed E-state index contributed by atoms with van der Waals surface area (Å²) in [5, 5.41) is 13.2. The molecule has 0 aromatic heterocycles. The molecule has 6 nitrogen and oxygen atoms in total. The third kappa shape index (κ3) is 4.41. The summed E-state index contributed by atoms with van der Waals surface area (Å²) in [5.41, 5.74) is 1.38. The van der Waals surface area contributed by atoms with E-state index >= 15 is 0 Å². The van der Waals surface area contributed by atoms with Gasteiger partial charge in [-0.15, -0.1) is 0 Å². The number of benzene rings is 1. The van der Waals surface area contributed by atoms with Gasteiger partial charge in [-0.2, -0.15) is 5.26 Å². The lowest BCUT2D eigenvalue weighted by Gasteiger charge is -2.54. The monoisotopic (exact) mass is 396 g/mol. The molecule has 1 aromatic carbocycles. The van der Waals surface area contributed by atoms with Gasteiger partial charge in [0.1, 0.15) is 0 Å². The summed E-state index contributed by atoms with van der Waals surface area (Å²) in [7, 11) is 0. The Bertz CT molecular complexity index is 733. The Labute approximate surface area is 173 Å². The number of carbonyl (C=O) groups excluding carboxylic acids is 1. The van der Waals surface area contributed by atoms with Crippen LogP contribution in [0.25, 0.3) is 0 Å². The summed E-state index contributed by atoms with van der Waals surface area (Å²) in [5.74, 6) is 1.33. The van der Waals surface area contributed by atoms with Gasteiger partial charge in [-0.3, -0.25) is 4.90 Å². The zero-order chi connectivity index (χ0) is 20.3. The van der Waals surface area contributed by atoms with Crippen LogP contribution in [0, 0.1) is 17.2 Å². The van der Waals surface area contributed by atoms with E-state index in [1.54, 1.807) is 4.90 Å². The van der Waals surface area contributed by atoms with E-state index in [2.05, 4.69) is 46.6 Å². The fourth-order valence-electron chi connectivity index (χ4n) is 4.97. The largest absolute Gasteiger partial charge is 0.450 e. The van der Waals surface area contributed by atoms with Crippen molar-refractivity contribution in [2.75, 3.05) is 39.3 Å². The van der Waals surface area contributed by atoms with Crippen molar-refractivity contribution in [2.45, 2.75) is 50.1 Å². The highest BCUT2D eigenvalue weighted by atomic mass is 16.6. The van der Waals surface area contributed by atoms with Gasteiger partial charge in [0, 0.05) is 50.2 Å². The van der Waals surface area contributed by atoms with E-state index in [9.17, 15) is 10.1 Å². The molecule has 3 fully saturated rings. The zero-order valence-corrected chi connectivity index (χ0v) is 17.3. The molecular formula is C23H32N4O2. The molecule has 2 atom stereocenters. The molecule has 6 heteroatoms. The second-order valence-electron chi connectivity index (χ2n) is 8.78. The van der Waals surface area contributed by atoms with Crippen LogP contribution in [0.15, 0.2) is 30.3 Å². The standard InChI is InChI=1S/C23H32N4O2/c1-2-29-22(28)26-12-9-23(8-11-24,10-13-26)27-16-18(17-27)15-25-21-14-20(21)19-6-4-3-5-7-19/h3-7,18,20-21,25H,2,8-10,12-17H2,1H3. The second-order valence-corrected chi connectivity index (χ2v) is 8.78. The summed E-state index contributed by atoms with van der Waals surface area (Å²) in [4.78, 5) is 16.3. The van der Waals surface area contributed by atoms with Crippen molar-refractivity contribution in [1.29, 1.82) is 5.26 Å². The fourth-order valence-corrected chi connectivity index (χ4v) is 4.97. The molecule has 1 aromatic rings. The van der Waals surface area contributed by atoms with E-state index in [-0.39, 0.29) is 11.6 Å². The van der Waals surface area contributed by atoms with Crippen LogP contribution in [0.3, 0.4) is 0 Å². The zero-order valence-electron chi connectivity index (χ0n) is 17.3. The fraction of sp³-hybridized carbons (Fsp3) is 0.652. The Morgan fingerprint density at radius 2 is 2.00 bits per heavy atom. The van der Waals surface area contributed by atoms with Gasteiger partial charge in [-0.1, -0.05) is 30.3 Å². The Kier molecular flexibility index (Phi) is 6.07. The van der Waals surface area contributed by atoms with Gasteiger partial charge >= 0.3 is 6.09 Å². The number of carbonyl (C=O) groups is 1. The number of hydrogen-bond acceptors (Lipinski definition) is 5. The number of hydrogen-bond donors (Lipinski definition) is 1. The van der Waals surface area contributed by atoms with E-state index in [4.69, 9.17) is 4.74 Å². The van der Waals surface area contributed by atoms with Crippen LogP contribution in [0.5, 0.6) is 0 Å². The first-order valence-electron chi connectivity index (χ1n) is 11.0. The molecule has 29 heavy (non-hydrogen) atoms. The molecule has 2 saturated heterocycles. The molecule has 2 aliphatic heterocycles. The number of piperidine rings is 1. The van der Waals surface area contributed by atoms with Gasteiger partial charge in [0.15, 0.2) is 0 Å². The van der Waals surface area contributed by atoms with Crippen molar-refractivity contribution in [2.24, 2.45) is 5.92 Å². The molecular weight excluding hydrogens is 364 g/mol. The first kappa shape index (κ1) is 20.2. The number of likely N-dealkylation sites (tertiary alicyclic amines) is 2. The van der Waals surface area contributed by atoms with Gasteiger partial charge < -0.3 is 15.0 Å². The maximum absolute atomic E-state index is 12.0. The average Bonchev–Trinajstić information content (AvgIpc) is 3.48. The van der Waals surface area contributed by atoms with Crippen LogP contribution in [0.1, 0.15) is 44.1 Å². The summed E-state index contributed by atoms with van der Waals surface area (Å²) in [6.45, 7) is 6.77. The van der Waals surface area contributed by atoms with Crippen LogP contribution < -0.4 is 5.32 Å². The lowest BCUT2D eigenvalue weighted by atomic mass is 9.79. The van der Waals surface area contributed by atoms with E-state index in [0.29, 0.717) is 44.0 Å². The molecule has 156 valence electrons. The predicted octanol–water partition coefficient (Wildman–Crippen LogP) is 2.97. The smallest absolute Gasteiger partial charge is 0.409 e. The number of ether oxygens (including phenoxy) is 1. The molecule has 4 rings (SSSR count). The molecule has 0 spiro atoms. The van der Waals surface area contributed by atoms with Crippen molar-refractivity contribution >= 4 is 6.09 Å². The lowest BCUT2D eigenvalue weighted by Crippen LogP contribution is -2.64. The highest BCUT2D eigenvalue weighted by molar-refractivity contribution is 5.67. The van der Waals surface area contributed by atoms with Gasteiger partial charge in [0.05, 0.1) is 19.1 Å². The topological polar surface area (TPSA) is 68.6 Å². The van der Waals surface area contributed by atoms with Crippen molar-refractivity contribution in [3.05, 3.63) is 35.9 Å². The molecule has 1 N–H and O–H groups in total. The molecule has 2 unspecified atom stereocenters. The van der Waals surface area contributed by atoms with Crippen molar-refractivity contribution in [3.8, 4) is 6.07 Å². The summed E-state index contributed by atoms with van der Waals surface area (Å²) >= 11 is 0. The van der Waals surface area contributed by atoms with Gasteiger partial charge in [-0.05, 0) is 37.7 Å². The second kappa shape index (κ2) is 8.73. The Balaban J connectivity index is 1.22. The molecule has 1 saturated carbocycles. The minimum Gasteiger partial charge on any atom is -0.450 e. The quantitative estimate of drug-likeness (QED) is 0.767. The summed E-state index contributed by atoms with van der Waals surface area (Å²) < 4.78 is 5.13. The molecule has 0 radical (unpaired) electrons. The number of nitriles is 1. The highest BCUT2D eigenvalue weighted by Crippen LogP contribution is 2.41. The molecule has 2 heterocycles. The molecule has 0 bridgehead atoms. The van der Waals surface area contributed by atoms with Crippen LogP contribution >= 0.6 is 0 Å². The predicted molar refractivity (Wildman–Crippen MR) is 111 cm³/mol. The van der Waals surface area contributed by atoms with Crippen LogP contribution in [0.2, 0.25) is 0 Å². The van der Waals surface area contributed by atoms with Crippen molar-refractivity contribution in [3.63, 3.8) is 0 Å². The third-order valence-electron chi connectivity index (χ3n) is 6.94. The Morgan fingerprint density at radius 1 is 1.28 bits per heavy atom. The van der Waals surface area contributed by atoms with Crippen molar-refractivity contribution < 1.29 is 9.53 Å². The lowest BCUT2D eigenvalue weighted by molar-refractivity contribution is -0.0469. The highest BCUT2D eigenvalue weighted by Gasteiger charge is 2.46. The van der Waals surface area contributed by atoms with Gasteiger partial charge in [-0.25, -0.2) is 4.79 Å². The number of rotatable bonds is 7. The minimum atomic E-state index is -0.221.